The van der Waals surface area contributed by atoms with Gasteiger partial charge in [0.05, 0.1) is 6.04 Å². The SMILES string of the molecule is CCCCCCCCC(N(CC)C1CCCCC1)C(OCC)(OCC)N(CC)C1CCCCC1. The van der Waals surface area contributed by atoms with Crippen LogP contribution in [0.4, 0.5) is 0 Å². The highest BCUT2D eigenvalue weighted by Crippen LogP contribution is 2.38. The van der Waals surface area contributed by atoms with Crippen LogP contribution in [0.2, 0.25) is 0 Å². The number of hydrogen-bond donors (Lipinski definition) is 0. The first-order chi connectivity index (χ1) is 16.7. The lowest BCUT2D eigenvalue weighted by molar-refractivity contribution is -0.354. The molecule has 2 aliphatic rings. The van der Waals surface area contributed by atoms with Crippen LogP contribution in [0.25, 0.3) is 0 Å². The molecule has 4 heteroatoms. The molecule has 0 heterocycles. The molecule has 0 aromatic rings. The van der Waals surface area contributed by atoms with Crippen molar-refractivity contribution < 1.29 is 9.47 Å². The Morgan fingerprint density at radius 1 is 0.647 bits per heavy atom. The standard InChI is InChI=1S/C30H60N2O2/c1-6-11-12-13-14-21-26-29(31(7-2)27-22-17-15-18-23-27)30(33-9-4,34-10-5)32(8-3)28-24-19-16-20-25-28/h27-29H,6-26H2,1-5H3. The molecular weight excluding hydrogens is 420 g/mol. The van der Waals surface area contributed by atoms with Crippen LogP contribution in [0.15, 0.2) is 0 Å². The van der Waals surface area contributed by atoms with Gasteiger partial charge in [0.1, 0.15) is 0 Å². The lowest BCUT2D eigenvalue weighted by Gasteiger charge is -2.55. The van der Waals surface area contributed by atoms with Crippen LogP contribution in [0.3, 0.4) is 0 Å². The number of likely N-dealkylation sites (N-methyl/N-ethyl adjacent to an activating group) is 2. The van der Waals surface area contributed by atoms with E-state index in [1.807, 2.05) is 0 Å². The molecule has 0 aromatic heterocycles. The van der Waals surface area contributed by atoms with Gasteiger partial charge in [-0.2, -0.15) is 0 Å². The van der Waals surface area contributed by atoms with E-state index in [-0.39, 0.29) is 0 Å². The molecule has 0 radical (unpaired) electrons. The molecule has 0 saturated heterocycles. The van der Waals surface area contributed by atoms with Crippen molar-refractivity contribution in [3.8, 4) is 0 Å². The molecule has 0 N–H and O–H groups in total. The van der Waals surface area contributed by atoms with Crippen LogP contribution < -0.4 is 0 Å². The molecule has 2 aliphatic carbocycles. The van der Waals surface area contributed by atoms with E-state index in [0.29, 0.717) is 31.3 Å². The summed E-state index contributed by atoms with van der Waals surface area (Å²) in [6, 6.07) is 1.55. The van der Waals surface area contributed by atoms with E-state index < -0.39 is 5.91 Å². The van der Waals surface area contributed by atoms with Crippen molar-refractivity contribution in [2.75, 3.05) is 26.3 Å². The fourth-order valence-electron chi connectivity index (χ4n) is 6.95. The lowest BCUT2D eigenvalue weighted by atomic mass is 9.89. The van der Waals surface area contributed by atoms with Gasteiger partial charge in [-0.3, -0.25) is 4.90 Å². The molecule has 2 rings (SSSR count). The first-order valence-electron chi connectivity index (χ1n) is 15.5. The van der Waals surface area contributed by atoms with Gasteiger partial charge in [-0.25, -0.2) is 4.90 Å². The second-order valence-corrected chi connectivity index (χ2v) is 10.8. The predicted octanol–water partition coefficient (Wildman–Crippen LogP) is 8.14. The third kappa shape index (κ3) is 8.46. The monoisotopic (exact) mass is 480 g/mol. The Hall–Kier alpha value is -0.160. The summed E-state index contributed by atoms with van der Waals surface area (Å²) in [5.74, 6) is -0.628. The topological polar surface area (TPSA) is 24.9 Å². The van der Waals surface area contributed by atoms with Gasteiger partial charge < -0.3 is 9.47 Å². The third-order valence-corrected chi connectivity index (χ3v) is 8.52. The Balaban J connectivity index is 2.37. The fraction of sp³-hybridized carbons (Fsp3) is 1.00. The van der Waals surface area contributed by atoms with Crippen molar-refractivity contribution in [2.45, 2.75) is 168 Å². The van der Waals surface area contributed by atoms with E-state index in [2.05, 4.69) is 44.4 Å². The minimum atomic E-state index is -0.628. The lowest BCUT2D eigenvalue weighted by Crippen LogP contribution is -2.69. The third-order valence-electron chi connectivity index (χ3n) is 8.52. The van der Waals surface area contributed by atoms with Crippen LogP contribution in [-0.4, -0.2) is 60.1 Å². The van der Waals surface area contributed by atoms with E-state index in [9.17, 15) is 0 Å². The first-order valence-corrected chi connectivity index (χ1v) is 15.5. The zero-order chi connectivity index (χ0) is 24.7. The van der Waals surface area contributed by atoms with Gasteiger partial charge in [0.15, 0.2) is 0 Å². The Morgan fingerprint density at radius 3 is 1.68 bits per heavy atom. The summed E-state index contributed by atoms with van der Waals surface area (Å²) in [7, 11) is 0. The summed E-state index contributed by atoms with van der Waals surface area (Å²) in [6.07, 6.45) is 22.7. The van der Waals surface area contributed by atoms with Gasteiger partial charge in [0.2, 0.25) is 5.91 Å². The summed E-state index contributed by atoms with van der Waals surface area (Å²) in [6.45, 7) is 14.9. The van der Waals surface area contributed by atoms with Crippen LogP contribution >= 0.6 is 0 Å². The average molecular weight is 481 g/mol. The summed E-state index contributed by atoms with van der Waals surface area (Å²) in [5, 5.41) is 0. The molecule has 4 nitrogen and oxygen atoms in total. The number of rotatable bonds is 18. The summed E-state index contributed by atoms with van der Waals surface area (Å²) in [5.41, 5.74) is 0. The smallest absolute Gasteiger partial charge is 0.246 e. The number of unbranched alkanes of at least 4 members (excludes halogenated alkanes) is 5. The van der Waals surface area contributed by atoms with Gasteiger partial charge in [-0.15, -0.1) is 0 Å². The summed E-state index contributed by atoms with van der Waals surface area (Å²) < 4.78 is 13.7. The first kappa shape index (κ1) is 30.1. The molecule has 202 valence electrons. The largest absolute Gasteiger partial charge is 0.336 e. The van der Waals surface area contributed by atoms with E-state index >= 15 is 0 Å². The Labute approximate surface area is 213 Å². The summed E-state index contributed by atoms with van der Waals surface area (Å²) in [4.78, 5) is 5.51. The van der Waals surface area contributed by atoms with E-state index in [1.165, 1.54) is 109 Å². The Bertz CT molecular complexity index is 482. The molecule has 0 aliphatic heterocycles. The average Bonchev–Trinajstić information content (AvgIpc) is 2.87. The van der Waals surface area contributed by atoms with Gasteiger partial charge in [0, 0.05) is 31.8 Å². The molecule has 1 atom stereocenters. The van der Waals surface area contributed by atoms with Gasteiger partial charge in [-0.1, -0.05) is 97.8 Å². The van der Waals surface area contributed by atoms with Crippen LogP contribution in [0.5, 0.6) is 0 Å². The quantitative estimate of drug-likeness (QED) is 0.146. The van der Waals surface area contributed by atoms with Crippen LogP contribution in [-0.2, 0) is 9.47 Å². The van der Waals surface area contributed by atoms with Crippen molar-refractivity contribution >= 4 is 0 Å². The highest BCUT2D eigenvalue weighted by atomic mass is 16.7. The van der Waals surface area contributed by atoms with Gasteiger partial charge >= 0.3 is 0 Å². The fourth-order valence-corrected chi connectivity index (χ4v) is 6.95. The molecule has 0 aromatic carbocycles. The number of ether oxygens (including phenoxy) is 2. The molecule has 0 bridgehead atoms. The van der Waals surface area contributed by atoms with Crippen molar-refractivity contribution in [2.24, 2.45) is 0 Å². The minimum absolute atomic E-state index is 0.300. The number of nitrogens with zero attached hydrogens (tertiary/aromatic N) is 2. The van der Waals surface area contributed by atoms with Crippen molar-refractivity contribution in [1.29, 1.82) is 0 Å². The summed E-state index contributed by atoms with van der Waals surface area (Å²) >= 11 is 0. The molecule has 2 saturated carbocycles. The normalized spacial score (nSPS) is 19.9. The second-order valence-electron chi connectivity index (χ2n) is 10.8. The van der Waals surface area contributed by atoms with Crippen molar-refractivity contribution in [3.63, 3.8) is 0 Å². The highest BCUT2D eigenvalue weighted by Gasteiger charge is 2.51. The van der Waals surface area contributed by atoms with E-state index in [4.69, 9.17) is 9.47 Å². The molecule has 0 amide bonds. The van der Waals surface area contributed by atoms with Crippen molar-refractivity contribution in [3.05, 3.63) is 0 Å². The molecule has 1 unspecified atom stereocenters. The van der Waals surface area contributed by atoms with Gasteiger partial charge in [0.25, 0.3) is 0 Å². The minimum Gasteiger partial charge on any atom is -0.336 e. The second kappa shape index (κ2) is 17.3. The van der Waals surface area contributed by atoms with Crippen molar-refractivity contribution in [1.82, 2.24) is 9.80 Å². The Kier molecular flexibility index (Phi) is 15.3. The molecule has 2 fully saturated rings. The van der Waals surface area contributed by atoms with Crippen LogP contribution in [0.1, 0.15) is 144 Å². The molecule has 34 heavy (non-hydrogen) atoms. The predicted molar refractivity (Wildman–Crippen MR) is 146 cm³/mol. The zero-order valence-electron chi connectivity index (χ0n) is 23.8. The van der Waals surface area contributed by atoms with E-state index in [0.717, 1.165) is 13.1 Å². The maximum Gasteiger partial charge on any atom is 0.246 e. The maximum atomic E-state index is 6.87. The van der Waals surface area contributed by atoms with E-state index in [1.54, 1.807) is 0 Å². The van der Waals surface area contributed by atoms with Gasteiger partial charge in [-0.05, 0) is 52.5 Å². The maximum absolute atomic E-state index is 6.87. The molecule has 0 spiro atoms. The highest BCUT2D eigenvalue weighted by molar-refractivity contribution is 4.94. The zero-order valence-corrected chi connectivity index (χ0v) is 23.8. The molecular formula is C30H60N2O2. The number of hydrogen-bond acceptors (Lipinski definition) is 4. The Morgan fingerprint density at radius 2 is 1.18 bits per heavy atom. The van der Waals surface area contributed by atoms with Crippen LogP contribution in [0, 0.1) is 0 Å².